The van der Waals surface area contributed by atoms with E-state index in [9.17, 15) is 23.2 Å². The Morgan fingerprint density at radius 2 is 1.79 bits per heavy atom. The topological polar surface area (TPSA) is 75.7 Å². The molecule has 1 aliphatic heterocycles. The van der Waals surface area contributed by atoms with Gasteiger partial charge in [-0.1, -0.05) is 29.8 Å². The highest BCUT2D eigenvalue weighted by atomic mass is 19.3. The zero-order chi connectivity index (χ0) is 21.3. The van der Waals surface area contributed by atoms with Crippen LogP contribution in [0.1, 0.15) is 34.0 Å². The van der Waals surface area contributed by atoms with Crippen molar-refractivity contribution in [1.82, 2.24) is 10.2 Å². The number of amides is 3. The first-order valence-corrected chi connectivity index (χ1v) is 8.92. The minimum Gasteiger partial charge on any atom is -0.435 e. The molecule has 1 saturated heterocycles. The number of carbonyl (C=O) groups excluding carboxylic acids is 3. The van der Waals surface area contributed by atoms with Crippen LogP contribution in [-0.2, 0) is 10.3 Å². The molecule has 2 aromatic rings. The summed E-state index contributed by atoms with van der Waals surface area (Å²) in [6.07, 6.45) is 0. The van der Waals surface area contributed by atoms with Crippen LogP contribution in [0, 0.1) is 13.8 Å². The molecule has 0 spiro atoms. The van der Waals surface area contributed by atoms with Crippen molar-refractivity contribution in [1.29, 1.82) is 0 Å². The molecular weight excluding hydrogens is 382 g/mol. The van der Waals surface area contributed by atoms with Crippen molar-refractivity contribution in [2.75, 3.05) is 6.54 Å². The smallest absolute Gasteiger partial charge is 0.387 e. The Morgan fingerprint density at radius 1 is 1.14 bits per heavy atom. The zero-order valence-electron chi connectivity index (χ0n) is 16.2. The van der Waals surface area contributed by atoms with E-state index in [-0.39, 0.29) is 11.5 Å². The lowest BCUT2D eigenvalue weighted by molar-refractivity contribution is -0.130. The van der Waals surface area contributed by atoms with Gasteiger partial charge in [0.2, 0.25) is 0 Å². The molecule has 1 aliphatic rings. The van der Waals surface area contributed by atoms with Crippen molar-refractivity contribution >= 4 is 17.7 Å². The van der Waals surface area contributed by atoms with Crippen molar-refractivity contribution in [2.45, 2.75) is 32.9 Å². The van der Waals surface area contributed by atoms with Crippen molar-refractivity contribution in [2.24, 2.45) is 0 Å². The molecule has 6 nitrogen and oxygen atoms in total. The van der Waals surface area contributed by atoms with E-state index < -0.39 is 30.6 Å². The lowest BCUT2D eigenvalue weighted by atomic mass is 9.92. The maximum Gasteiger partial charge on any atom is 0.387 e. The van der Waals surface area contributed by atoms with E-state index in [4.69, 9.17) is 0 Å². The van der Waals surface area contributed by atoms with Gasteiger partial charge in [-0.25, -0.2) is 4.79 Å². The number of aryl methyl sites for hydroxylation is 2. The lowest BCUT2D eigenvalue weighted by Gasteiger charge is -2.22. The molecule has 0 saturated carbocycles. The number of hydrogen-bond acceptors (Lipinski definition) is 4. The number of carbonyl (C=O) groups is 3. The van der Waals surface area contributed by atoms with Gasteiger partial charge >= 0.3 is 12.6 Å². The Balaban J connectivity index is 1.81. The number of ether oxygens (including phenoxy) is 1. The lowest BCUT2D eigenvalue weighted by Crippen LogP contribution is -2.41. The van der Waals surface area contributed by atoms with Gasteiger partial charge in [0.05, 0.1) is 6.54 Å². The van der Waals surface area contributed by atoms with Crippen LogP contribution in [0.3, 0.4) is 0 Å². The van der Waals surface area contributed by atoms with E-state index in [2.05, 4.69) is 10.1 Å². The number of halogens is 2. The first-order valence-electron chi connectivity index (χ1n) is 8.92. The van der Waals surface area contributed by atoms with Crippen molar-refractivity contribution in [3.05, 3.63) is 64.7 Å². The average Bonchev–Trinajstić information content (AvgIpc) is 2.87. The minimum absolute atomic E-state index is 0.0638. The summed E-state index contributed by atoms with van der Waals surface area (Å²) in [4.78, 5) is 38.9. The van der Waals surface area contributed by atoms with Gasteiger partial charge in [-0.2, -0.15) is 8.78 Å². The van der Waals surface area contributed by atoms with E-state index >= 15 is 0 Å². The predicted molar refractivity (Wildman–Crippen MR) is 101 cm³/mol. The van der Waals surface area contributed by atoms with E-state index in [1.807, 2.05) is 19.1 Å². The van der Waals surface area contributed by atoms with Gasteiger partial charge in [-0.15, -0.1) is 0 Å². The van der Waals surface area contributed by atoms with E-state index in [0.29, 0.717) is 11.1 Å². The average molecular weight is 402 g/mol. The molecule has 1 fully saturated rings. The number of imide groups is 1. The predicted octanol–water partition coefficient (Wildman–Crippen LogP) is 3.55. The number of alkyl halides is 2. The van der Waals surface area contributed by atoms with Crippen LogP contribution in [0.2, 0.25) is 0 Å². The summed E-state index contributed by atoms with van der Waals surface area (Å²) in [5.41, 5.74) is 1.08. The molecule has 1 N–H and O–H groups in total. The largest absolute Gasteiger partial charge is 0.435 e. The van der Waals surface area contributed by atoms with Crippen LogP contribution < -0.4 is 10.1 Å². The number of hydrogen-bond donors (Lipinski definition) is 1. The molecule has 0 radical (unpaired) electrons. The van der Waals surface area contributed by atoms with Gasteiger partial charge < -0.3 is 10.1 Å². The van der Waals surface area contributed by atoms with Gasteiger partial charge in [0.25, 0.3) is 5.91 Å². The number of rotatable bonds is 6. The second-order valence-corrected chi connectivity index (χ2v) is 7.09. The third-order valence-corrected chi connectivity index (χ3v) is 4.93. The number of benzene rings is 2. The van der Waals surface area contributed by atoms with Crippen LogP contribution >= 0.6 is 0 Å². The second-order valence-electron chi connectivity index (χ2n) is 7.09. The molecule has 1 atom stereocenters. The standard InChI is InChI=1S/C21H20F2N2O4/c1-12-4-5-13(2)16(10-12)17(26)11-25-18(27)21(3,24-20(25)28)14-6-8-15(9-7-14)29-19(22)23/h4-10,19H,11H2,1-3H3,(H,24,28)/t21-/m1/s1. The molecule has 0 bridgehead atoms. The summed E-state index contributed by atoms with van der Waals surface area (Å²) in [7, 11) is 0. The Bertz CT molecular complexity index is 975. The Labute approximate surface area is 166 Å². The maximum absolute atomic E-state index is 13.0. The van der Waals surface area contributed by atoms with Crippen LogP contribution in [0.25, 0.3) is 0 Å². The normalized spacial score (nSPS) is 18.9. The summed E-state index contributed by atoms with van der Waals surface area (Å²) < 4.78 is 28.9. The van der Waals surface area contributed by atoms with Gasteiger partial charge in [0.15, 0.2) is 5.78 Å². The maximum atomic E-state index is 13.0. The van der Waals surface area contributed by atoms with Gasteiger partial charge in [-0.3, -0.25) is 14.5 Å². The fraction of sp³-hybridized carbons (Fsp3) is 0.286. The molecule has 29 heavy (non-hydrogen) atoms. The summed E-state index contributed by atoms with van der Waals surface area (Å²) in [5.74, 6) is -1.01. The van der Waals surface area contributed by atoms with Crippen LogP contribution in [0.15, 0.2) is 42.5 Å². The number of nitrogens with one attached hydrogen (secondary N) is 1. The number of nitrogens with zero attached hydrogens (tertiary/aromatic N) is 1. The quantitative estimate of drug-likeness (QED) is 0.592. The highest BCUT2D eigenvalue weighted by molar-refractivity contribution is 6.11. The molecule has 2 aromatic carbocycles. The molecular formula is C21H20F2N2O4. The molecule has 8 heteroatoms. The van der Waals surface area contributed by atoms with Crippen molar-refractivity contribution in [3.63, 3.8) is 0 Å². The van der Waals surface area contributed by atoms with Crippen molar-refractivity contribution in [3.8, 4) is 5.75 Å². The van der Waals surface area contributed by atoms with Crippen LogP contribution in [0.4, 0.5) is 13.6 Å². The zero-order valence-corrected chi connectivity index (χ0v) is 16.2. The molecule has 152 valence electrons. The first kappa shape index (κ1) is 20.4. The Kier molecular flexibility index (Phi) is 5.37. The molecule has 0 aromatic heterocycles. The minimum atomic E-state index is -2.96. The first-order chi connectivity index (χ1) is 13.6. The summed E-state index contributed by atoms with van der Waals surface area (Å²) in [5, 5.41) is 2.59. The molecule has 1 heterocycles. The summed E-state index contributed by atoms with van der Waals surface area (Å²) in [6.45, 7) is 1.78. The molecule has 0 aliphatic carbocycles. The van der Waals surface area contributed by atoms with Crippen LogP contribution in [-0.4, -0.2) is 35.8 Å². The monoisotopic (exact) mass is 402 g/mol. The fourth-order valence-corrected chi connectivity index (χ4v) is 3.27. The fourth-order valence-electron chi connectivity index (χ4n) is 3.27. The SMILES string of the molecule is Cc1ccc(C)c(C(=O)CN2C(=O)N[C@](C)(c3ccc(OC(F)F)cc3)C2=O)c1. The Morgan fingerprint density at radius 3 is 2.41 bits per heavy atom. The van der Waals surface area contributed by atoms with E-state index in [1.54, 1.807) is 13.0 Å². The van der Waals surface area contributed by atoms with Crippen LogP contribution in [0.5, 0.6) is 5.75 Å². The summed E-state index contributed by atoms with van der Waals surface area (Å²) in [6, 6.07) is 10.1. The number of Topliss-reactive ketones (excluding diaryl/α,β-unsaturated/α-hetero) is 1. The summed E-state index contributed by atoms with van der Waals surface area (Å²) >= 11 is 0. The molecule has 0 unspecified atom stereocenters. The number of urea groups is 1. The van der Waals surface area contributed by atoms with Crippen molar-refractivity contribution < 1.29 is 27.9 Å². The van der Waals surface area contributed by atoms with Gasteiger partial charge in [0.1, 0.15) is 11.3 Å². The Hall–Kier alpha value is -3.29. The molecule has 3 rings (SSSR count). The highest BCUT2D eigenvalue weighted by Crippen LogP contribution is 2.30. The number of ketones is 1. The van der Waals surface area contributed by atoms with Gasteiger partial charge in [-0.05, 0) is 50.1 Å². The van der Waals surface area contributed by atoms with E-state index in [0.717, 1.165) is 16.0 Å². The van der Waals surface area contributed by atoms with Gasteiger partial charge in [0, 0.05) is 5.56 Å². The third kappa shape index (κ3) is 3.96. The molecule has 3 amide bonds. The second kappa shape index (κ2) is 7.62. The highest BCUT2D eigenvalue weighted by Gasteiger charge is 2.49. The third-order valence-electron chi connectivity index (χ3n) is 4.93. The van der Waals surface area contributed by atoms with E-state index in [1.165, 1.54) is 31.2 Å².